The van der Waals surface area contributed by atoms with Gasteiger partial charge in [-0.05, 0) is 93.5 Å². The van der Waals surface area contributed by atoms with Crippen molar-refractivity contribution in [1.82, 2.24) is 20.1 Å². The highest BCUT2D eigenvalue weighted by molar-refractivity contribution is 6.37. The molecule has 0 unspecified atom stereocenters. The van der Waals surface area contributed by atoms with Crippen LogP contribution in [0.3, 0.4) is 0 Å². The number of hydrogen-bond acceptors (Lipinski definition) is 7. The second kappa shape index (κ2) is 17.5. The summed E-state index contributed by atoms with van der Waals surface area (Å²) in [5.74, 6) is -0.934. The predicted molar refractivity (Wildman–Crippen MR) is 213 cm³/mol. The lowest BCUT2D eigenvalue weighted by atomic mass is 9.80. The number of piperidine rings is 1. The minimum Gasteiger partial charge on any atom is -0.485 e. The van der Waals surface area contributed by atoms with E-state index in [1.165, 1.54) is 0 Å². The van der Waals surface area contributed by atoms with Gasteiger partial charge in [0.25, 0.3) is 0 Å². The molecule has 0 bridgehead atoms. The van der Waals surface area contributed by atoms with Gasteiger partial charge in [-0.15, -0.1) is 0 Å². The molecular weight excluding hydrogens is 806 g/mol. The molecule has 10 nitrogen and oxygen atoms in total. The van der Waals surface area contributed by atoms with Crippen molar-refractivity contribution in [3.05, 3.63) is 86.0 Å². The number of ether oxygens (including phenoxy) is 2. The van der Waals surface area contributed by atoms with Crippen LogP contribution in [0, 0.1) is 12.8 Å². The Morgan fingerprint density at radius 1 is 0.930 bits per heavy atom. The molecule has 0 radical (unpaired) electrons. The van der Waals surface area contributed by atoms with Gasteiger partial charge in [0.1, 0.15) is 23.9 Å². The smallest absolute Gasteiger partial charge is 0.410 e. The van der Waals surface area contributed by atoms with E-state index >= 15 is 0 Å². The van der Waals surface area contributed by atoms with E-state index in [1.54, 1.807) is 55.0 Å². The Labute approximate surface area is 345 Å². The molecule has 1 aliphatic carbocycles. The van der Waals surface area contributed by atoms with E-state index in [-0.39, 0.29) is 43.6 Å². The molecule has 2 aromatic carbocycles. The number of carbonyl (C=O) groups is 3. The fraction of sp³-hybridized carbons (Fsp3) is 0.512. The lowest BCUT2D eigenvalue weighted by Gasteiger charge is -2.40. The van der Waals surface area contributed by atoms with Crippen LogP contribution in [-0.2, 0) is 27.4 Å². The number of carbonyl (C=O) groups excluding carboxylic acids is 3. The number of halogens is 6. The summed E-state index contributed by atoms with van der Waals surface area (Å²) in [6, 6.07) is 12.5. The average Bonchev–Trinajstić information content (AvgIpc) is 3.86. The van der Waals surface area contributed by atoms with Gasteiger partial charge in [-0.2, -0.15) is 13.2 Å². The van der Waals surface area contributed by atoms with Crippen LogP contribution in [0.25, 0.3) is 0 Å². The number of nitrogens with zero attached hydrogens (tertiary/aromatic N) is 4. The maximum absolute atomic E-state index is 14.8. The Morgan fingerprint density at radius 2 is 1.65 bits per heavy atom. The zero-order valence-corrected chi connectivity index (χ0v) is 34.6. The summed E-state index contributed by atoms with van der Waals surface area (Å²) in [5.41, 5.74) is 2.24. The SMILES string of the molecule is Cc1cc(Cl)c(O[C@@H]2CCN(c3ccc([C@@H]4CCN(C(=O)OC(C)(C)C)C[C@H]4C(=O)N(Cc4cc(CNC(=O)CC(F)(F)F)ccc4Cl)C4CC4)cn3)C2)c(Cl)c1. The molecule has 6 rings (SSSR count). The highest BCUT2D eigenvalue weighted by Crippen LogP contribution is 2.40. The zero-order chi connectivity index (χ0) is 41.2. The second-order valence-corrected chi connectivity index (χ2v) is 17.3. The van der Waals surface area contributed by atoms with Gasteiger partial charge >= 0.3 is 12.3 Å². The fourth-order valence-corrected chi connectivity index (χ4v) is 8.23. The first-order valence-corrected chi connectivity index (χ1v) is 20.2. The Bertz CT molecular complexity index is 1930. The van der Waals surface area contributed by atoms with E-state index in [0.717, 1.165) is 36.2 Å². The summed E-state index contributed by atoms with van der Waals surface area (Å²) in [6.45, 7) is 9.15. The topological polar surface area (TPSA) is 104 Å². The van der Waals surface area contributed by atoms with Gasteiger partial charge in [-0.1, -0.05) is 53.0 Å². The zero-order valence-electron chi connectivity index (χ0n) is 32.3. The monoisotopic (exact) mass is 851 g/mol. The average molecular weight is 853 g/mol. The summed E-state index contributed by atoms with van der Waals surface area (Å²) >= 11 is 19.5. The van der Waals surface area contributed by atoms with E-state index < -0.39 is 36.1 Å². The van der Waals surface area contributed by atoms with Crippen LogP contribution in [0.5, 0.6) is 5.75 Å². The van der Waals surface area contributed by atoms with Crippen molar-refractivity contribution < 1.29 is 37.0 Å². The van der Waals surface area contributed by atoms with Gasteiger partial charge in [0, 0.05) is 62.3 Å². The Morgan fingerprint density at radius 3 is 2.28 bits per heavy atom. The van der Waals surface area contributed by atoms with E-state index in [4.69, 9.17) is 49.3 Å². The maximum Gasteiger partial charge on any atom is 0.410 e. The number of amides is 3. The van der Waals surface area contributed by atoms with Crippen LogP contribution < -0.4 is 15.0 Å². The lowest BCUT2D eigenvalue weighted by Crippen LogP contribution is -2.51. The third kappa shape index (κ3) is 11.4. The molecule has 1 saturated carbocycles. The molecule has 16 heteroatoms. The largest absolute Gasteiger partial charge is 0.485 e. The van der Waals surface area contributed by atoms with Crippen LogP contribution in [-0.4, -0.2) is 82.8 Å². The maximum atomic E-state index is 14.8. The molecule has 1 N–H and O–H groups in total. The Kier molecular flexibility index (Phi) is 13.1. The molecule has 2 saturated heterocycles. The quantitative estimate of drug-likeness (QED) is 0.205. The molecule has 3 aromatic rings. The van der Waals surface area contributed by atoms with Crippen molar-refractivity contribution in [2.75, 3.05) is 31.1 Å². The molecule has 3 fully saturated rings. The molecule has 0 spiro atoms. The first kappa shape index (κ1) is 42.7. The number of benzene rings is 2. The highest BCUT2D eigenvalue weighted by atomic mass is 35.5. The van der Waals surface area contributed by atoms with Crippen molar-refractivity contribution in [3.8, 4) is 5.75 Å². The van der Waals surface area contributed by atoms with Crippen LogP contribution in [0.4, 0.5) is 23.8 Å². The number of pyridine rings is 1. The number of alkyl halides is 3. The lowest BCUT2D eigenvalue weighted by molar-refractivity contribution is -0.153. The van der Waals surface area contributed by atoms with E-state index in [1.807, 2.05) is 31.2 Å². The van der Waals surface area contributed by atoms with E-state index in [2.05, 4.69) is 10.2 Å². The molecule has 3 atom stereocenters. The second-order valence-electron chi connectivity index (χ2n) is 16.1. The standard InChI is InChI=1S/C41H47Cl3F3N5O5/c1-24-15-33(43)37(34(44)16-24)56-29-11-13-50(22-29)35-10-6-26(20-48-35)30-12-14-51(39(55)57-40(2,3)4)23-31(30)38(54)52(28-7-8-28)21-27-17-25(5-9-32(27)42)19-49-36(53)18-41(45,46)47/h5-6,9-10,15-17,20,28-31H,7-8,11-14,18-19,21-23H2,1-4H3,(H,49,53)/t29-,30+,31-/m1/s1. The predicted octanol–water partition coefficient (Wildman–Crippen LogP) is 9.11. The van der Waals surface area contributed by atoms with Crippen molar-refractivity contribution in [1.29, 1.82) is 0 Å². The number of aromatic nitrogens is 1. The number of rotatable bonds is 11. The summed E-state index contributed by atoms with van der Waals surface area (Å²) in [6.07, 6.45) is -2.18. The third-order valence-corrected chi connectivity index (χ3v) is 11.2. The minimum absolute atomic E-state index is 0.0447. The van der Waals surface area contributed by atoms with E-state index in [0.29, 0.717) is 58.0 Å². The summed E-state index contributed by atoms with van der Waals surface area (Å²) < 4.78 is 50.0. The Balaban J connectivity index is 1.19. The van der Waals surface area contributed by atoms with E-state index in [9.17, 15) is 27.6 Å². The van der Waals surface area contributed by atoms with Gasteiger partial charge < -0.3 is 29.5 Å². The first-order valence-electron chi connectivity index (χ1n) is 19.1. The minimum atomic E-state index is -4.62. The van der Waals surface area contributed by atoms with Crippen molar-refractivity contribution in [2.24, 2.45) is 5.92 Å². The molecule has 308 valence electrons. The summed E-state index contributed by atoms with van der Waals surface area (Å²) in [5, 5.41) is 3.62. The number of anilines is 1. The van der Waals surface area contributed by atoms with Crippen molar-refractivity contribution in [3.63, 3.8) is 0 Å². The summed E-state index contributed by atoms with van der Waals surface area (Å²) in [4.78, 5) is 50.3. The summed E-state index contributed by atoms with van der Waals surface area (Å²) in [7, 11) is 0. The van der Waals surface area contributed by atoms with Gasteiger partial charge in [0.2, 0.25) is 11.8 Å². The first-order chi connectivity index (χ1) is 26.8. The normalized spacial score (nSPS) is 20.0. The molecule has 3 heterocycles. The third-order valence-electron chi connectivity index (χ3n) is 10.2. The van der Waals surface area contributed by atoms with Crippen LogP contribution in [0.15, 0.2) is 48.7 Å². The van der Waals surface area contributed by atoms with Crippen LogP contribution in [0.1, 0.15) is 81.0 Å². The van der Waals surface area contributed by atoms with Gasteiger partial charge in [0.05, 0.1) is 22.5 Å². The molecule has 3 amide bonds. The van der Waals surface area contributed by atoms with Crippen LogP contribution in [0.2, 0.25) is 15.1 Å². The number of likely N-dealkylation sites (tertiary alicyclic amines) is 1. The van der Waals surface area contributed by atoms with Gasteiger partial charge in [0.15, 0.2) is 5.75 Å². The number of hydrogen-bond donors (Lipinski definition) is 1. The Hall–Kier alpha value is -3.94. The highest BCUT2D eigenvalue weighted by Gasteiger charge is 2.44. The molecular formula is C41H47Cl3F3N5O5. The van der Waals surface area contributed by atoms with Crippen molar-refractivity contribution in [2.45, 2.75) is 103 Å². The molecule has 3 aliphatic rings. The van der Waals surface area contributed by atoms with Crippen molar-refractivity contribution >= 4 is 58.5 Å². The molecule has 2 aliphatic heterocycles. The molecule has 57 heavy (non-hydrogen) atoms. The van der Waals surface area contributed by atoms with Gasteiger partial charge in [-0.3, -0.25) is 9.59 Å². The van der Waals surface area contributed by atoms with Crippen LogP contribution >= 0.6 is 34.8 Å². The fourth-order valence-electron chi connectivity index (χ4n) is 7.37. The molecule has 1 aromatic heterocycles. The van der Waals surface area contributed by atoms with Gasteiger partial charge in [-0.25, -0.2) is 9.78 Å². The number of aryl methyl sites for hydroxylation is 1. The number of nitrogens with one attached hydrogen (secondary N) is 1.